The Morgan fingerprint density at radius 3 is 2.53 bits per heavy atom. The molecular formula is C25H27N5O4. The predicted molar refractivity (Wildman–Crippen MR) is 129 cm³/mol. The van der Waals surface area contributed by atoms with E-state index in [9.17, 15) is 14.9 Å². The fraction of sp³-hybridized carbons (Fsp3) is 0.320. The second kappa shape index (κ2) is 10.7. The van der Waals surface area contributed by atoms with E-state index >= 15 is 0 Å². The third-order valence-corrected chi connectivity index (χ3v) is 5.94. The molecule has 1 fully saturated rings. The van der Waals surface area contributed by atoms with Crippen LogP contribution in [0.3, 0.4) is 0 Å². The summed E-state index contributed by atoms with van der Waals surface area (Å²) in [5.41, 5.74) is 1.76. The highest BCUT2D eigenvalue weighted by Crippen LogP contribution is 2.36. The van der Waals surface area contributed by atoms with Crippen LogP contribution in [0.5, 0.6) is 0 Å². The molecule has 4 rings (SSSR count). The third-order valence-electron chi connectivity index (χ3n) is 5.94. The molecule has 176 valence electrons. The first-order valence-corrected chi connectivity index (χ1v) is 11.4. The molecule has 0 amide bonds. The average Bonchev–Trinajstić information content (AvgIpc) is 2.85. The molecule has 1 saturated heterocycles. The lowest BCUT2D eigenvalue weighted by molar-refractivity contribution is -0.383. The molecule has 2 aromatic carbocycles. The zero-order chi connectivity index (χ0) is 23.9. The molecule has 0 atom stereocenters. The standard InChI is InChI=1S/C25H27N5O4/c1-2-34-25(31)20-10-6-7-11-21(20)28-23-22(30(32)33)24(27-17-26-23)29-14-12-19(13-15-29)16-18-8-4-3-5-9-18/h3-11,17,19H,2,12-16H2,1H3,(H,26,27,28). The first-order chi connectivity index (χ1) is 16.6. The van der Waals surface area contributed by atoms with Gasteiger partial charge in [0.1, 0.15) is 6.33 Å². The van der Waals surface area contributed by atoms with Gasteiger partial charge in [-0.15, -0.1) is 0 Å². The van der Waals surface area contributed by atoms with Gasteiger partial charge >= 0.3 is 11.7 Å². The minimum atomic E-state index is -0.511. The number of nitrogens with one attached hydrogen (secondary N) is 1. The number of hydrogen-bond acceptors (Lipinski definition) is 8. The van der Waals surface area contributed by atoms with Crippen molar-refractivity contribution in [2.45, 2.75) is 26.2 Å². The van der Waals surface area contributed by atoms with Crippen LogP contribution >= 0.6 is 0 Å². The van der Waals surface area contributed by atoms with Crippen LogP contribution in [0, 0.1) is 16.0 Å². The van der Waals surface area contributed by atoms with Crippen LogP contribution in [-0.2, 0) is 11.2 Å². The molecule has 1 aromatic heterocycles. The van der Waals surface area contributed by atoms with Gasteiger partial charge in [0, 0.05) is 13.1 Å². The van der Waals surface area contributed by atoms with Crippen molar-refractivity contribution in [3.05, 3.63) is 82.2 Å². The second-order valence-electron chi connectivity index (χ2n) is 8.16. The van der Waals surface area contributed by atoms with Gasteiger partial charge in [-0.25, -0.2) is 14.8 Å². The van der Waals surface area contributed by atoms with Gasteiger partial charge in [-0.3, -0.25) is 10.1 Å². The quantitative estimate of drug-likeness (QED) is 0.290. The van der Waals surface area contributed by atoms with E-state index in [0.717, 1.165) is 19.3 Å². The van der Waals surface area contributed by atoms with Gasteiger partial charge in [-0.05, 0) is 49.8 Å². The van der Waals surface area contributed by atoms with E-state index in [1.54, 1.807) is 31.2 Å². The summed E-state index contributed by atoms with van der Waals surface area (Å²) >= 11 is 0. The van der Waals surface area contributed by atoms with E-state index in [0.29, 0.717) is 24.7 Å². The molecule has 1 N–H and O–H groups in total. The largest absolute Gasteiger partial charge is 0.462 e. The summed E-state index contributed by atoms with van der Waals surface area (Å²) < 4.78 is 5.10. The molecule has 34 heavy (non-hydrogen) atoms. The molecule has 2 heterocycles. The molecular weight excluding hydrogens is 434 g/mol. The van der Waals surface area contributed by atoms with Crippen LogP contribution in [0.4, 0.5) is 23.0 Å². The van der Waals surface area contributed by atoms with Crippen LogP contribution < -0.4 is 10.2 Å². The number of piperidine rings is 1. The Hall–Kier alpha value is -4.01. The zero-order valence-corrected chi connectivity index (χ0v) is 19.0. The summed E-state index contributed by atoms with van der Waals surface area (Å²) in [5.74, 6) is 0.337. The minimum absolute atomic E-state index is 0.0400. The summed E-state index contributed by atoms with van der Waals surface area (Å²) in [6, 6.07) is 17.1. The van der Waals surface area contributed by atoms with Gasteiger partial charge in [-0.1, -0.05) is 42.5 Å². The molecule has 9 nitrogen and oxygen atoms in total. The lowest BCUT2D eigenvalue weighted by atomic mass is 9.90. The lowest BCUT2D eigenvalue weighted by Crippen LogP contribution is -2.35. The van der Waals surface area contributed by atoms with E-state index in [1.165, 1.54) is 11.9 Å². The first kappa shape index (κ1) is 23.2. The molecule has 1 aliphatic rings. The summed E-state index contributed by atoms with van der Waals surface area (Å²) in [6.45, 7) is 3.30. The monoisotopic (exact) mass is 461 g/mol. The Balaban J connectivity index is 1.54. The molecule has 3 aromatic rings. The van der Waals surface area contributed by atoms with Gasteiger partial charge in [0.25, 0.3) is 0 Å². The number of anilines is 3. The highest BCUT2D eigenvalue weighted by molar-refractivity contribution is 5.96. The summed E-state index contributed by atoms with van der Waals surface area (Å²) in [5, 5.41) is 15.0. The van der Waals surface area contributed by atoms with Crippen molar-refractivity contribution < 1.29 is 14.5 Å². The van der Waals surface area contributed by atoms with Crippen LogP contribution in [0.15, 0.2) is 60.9 Å². The Morgan fingerprint density at radius 1 is 1.12 bits per heavy atom. The molecule has 0 aliphatic carbocycles. The van der Waals surface area contributed by atoms with Crippen molar-refractivity contribution >= 4 is 29.0 Å². The van der Waals surface area contributed by atoms with Gasteiger partial charge in [-0.2, -0.15) is 0 Å². The Bertz CT molecular complexity index is 1150. The number of nitro groups is 1. The fourth-order valence-electron chi connectivity index (χ4n) is 4.26. The van der Waals surface area contributed by atoms with E-state index in [1.807, 2.05) is 23.1 Å². The van der Waals surface area contributed by atoms with Crippen molar-refractivity contribution in [2.24, 2.45) is 5.92 Å². The van der Waals surface area contributed by atoms with Crippen molar-refractivity contribution in [1.82, 2.24) is 9.97 Å². The second-order valence-corrected chi connectivity index (χ2v) is 8.16. The summed E-state index contributed by atoms with van der Waals surface area (Å²) in [6.07, 6.45) is 4.15. The number of carbonyl (C=O) groups is 1. The molecule has 0 unspecified atom stereocenters. The number of hydrogen-bond donors (Lipinski definition) is 1. The van der Waals surface area contributed by atoms with Crippen LogP contribution in [0.1, 0.15) is 35.7 Å². The number of esters is 1. The van der Waals surface area contributed by atoms with E-state index in [-0.39, 0.29) is 29.5 Å². The number of nitrogens with zero attached hydrogens (tertiary/aromatic N) is 4. The smallest absolute Gasteiger partial charge is 0.353 e. The molecule has 9 heteroatoms. The maximum atomic E-state index is 12.3. The Morgan fingerprint density at radius 2 is 1.82 bits per heavy atom. The van der Waals surface area contributed by atoms with Crippen LogP contribution in [-0.4, -0.2) is 40.6 Å². The van der Waals surface area contributed by atoms with Crippen molar-refractivity contribution in [2.75, 3.05) is 29.9 Å². The van der Waals surface area contributed by atoms with Crippen LogP contribution in [0.25, 0.3) is 0 Å². The normalized spacial score (nSPS) is 14.0. The molecule has 1 aliphatic heterocycles. The summed E-state index contributed by atoms with van der Waals surface area (Å²) in [4.78, 5) is 34.2. The minimum Gasteiger partial charge on any atom is -0.462 e. The number of aromatic nitrogens is 2. The number of carbonyl (C=O) groups excluding carboxylic acids is 1. The first-order valence-electron chi connectivity index (χ1n) is 11.4. The molecule has 0 spiro atoms. The maximum absolute atomic E-state index is 12.3. The Labute approximate surface area is 198 Å². The van der Waals surface area contributed by atoms with Gasteiger partial charge in [0.05, 0.1) is 22.8 Å². The highest BCUT2D eigenvalue weighted by atomic mass is 16.6. The van der Waals surface area contributed by atoms with E-state index < -0.39 is 10.9 Å². The number of benzene rings is 2. The van der Waals surface area contributed by atoms with Crippen molar-refractivity contribution in [1.29, 1.82) is 0 Å². The van der Waals surface area contributed by atoms with Crippen LogP contribution in [0.2, 0.25) is 0 Å². The van der Waals surface area contributed by atoms with E-state index in [4.69, 9.17) is 4.74 Å². The number of para-hydroxylation sites is 1. The van der Waals surface area contributed by atoms with Crippen molar-refractivity contribution in [3.63, 3.8) is 0 Å². The zero-order valence-electron chi connectivity index (χ0n) is 19.0. The number of rotatable bonds is 8. The van der Waals surface area contributed by atoms with Gasteiger partial charge in [0.2, 0.25) is 11.6 Å². The lowest BCUT2D eigenvalue weighted by Gasteiger charge is -2.32. The van der Waals surface area contributed by atoms with E-state index in [2.05, 4.69) is 27.4 Å². The highest BCUT2D eigenvalue weighted by Gasteiger charge is 2.30. The number of ether oxygens (including phenoxy) is 1. The SMILES string of the molecule is CCOC(=O)c1ccccc1Nc1ncnc(N2CCC(Cc3ccccc3)CC2)c1[N+](=O)[O-]. The summed E-state index contributed by atoms with van der Waals surface area (Å²) in [7, 11) is 0. The van der Waals surface area contributed by atoms with Gasteiger partial charge < -0.3 is 15.0 Å². The molecule has 0 bridgehead atoms. The van der Waals surface area contributed by atoms with Crippen molar-refractivity contribution in [3.8, 4) is 0 Å². The predicted octanol–water partition coefficient (Wildman–Crippen LogP) is 4.76. The fourth-order valence-corrected chi connectivity index (χ4v) is 4.26. The van der Waals surface area contributed by atoms with Gasteiger partial charge in [0.15, 0.2) is 0 Å². The molecule has 0 radical (unpaired) electrons. The maximum Gasteiger partial charge on any atom is 0.353 e. The molecule has 0 saturated carbocycles. The third kappa shape index (κ3) is 5.31. The average molecular weight is 462 g/mol. The topological polar surface area (TPSA) is 110 Å². The Kier molecular flexibility index (Phi) is 7.31.